The normalized spacial score (nSPS) is 15.5. The van der Waals surface area contributed by atoms with Gasteiger partial charge in [-0.15, -0.1) is 0 Å². The van der Waals surface area contributed by atoms with Gasteiger partial charge in [-0.2, -0.15) is 5.10 Å². The van der Waals surface area contributed by atoms with Crippen molar-refractivity contribution in [3.05, 3.63) is 53.2 Å². The zero-order chi connectivity index (χ0) is 18.1. The zero-order valence-corrected chi connectivity index (χ0v) is 15.2. The van der Waals surface area contributed by atoms with Crippen LogP contribution in [0.1, 0.15) is 53.4 Å². The van der Waals surface area contributed by atoms with Crippen LogP contribution in [0, 0.1) is 6.92 Å². The molecule has 3 heterocycles. The van der Waals surface area contributed by atoms with Gasteiger partial charge < -0.3 is 4.90 Å². The largest absolute Gasteiger partial charge is 0.339 e. The van der Waals surface area contributed by atoms with E-state index < -0.39 is 0 Å². The second-order valence-electron chi connectivity index (χ2n) is 6.89. The van der Waals surface area contributed by atoms with E-state index in [-0.39, 0.29) is 5.91 Å². The van der Waals surface area contributed by atoms with Crippen LogP contribution in [-0.4, -0.2) is 44.1 Å². The number of rotatable bonds is 3. The number of piperidine rings is 1. The van der Waals surface area contributed by atoms with Gasteiger partial charge in [-0.05, 0) is 31.9 Å². The van der Waals surface area contributed by atoms with Crippen molar-refractivity contribution in [3.63, 3.8) is 0 Å². The Hall–Kier alpha value is -2.76. The number of H-pyrrole nitrogens is 1. The highest BCUT2D eigenvalue weighted by molar-refractivity contribution is 6.05. The van der Waals surface area contributed by atoms with E-state index >= 15 is 0 Å². The van der Waals surface area contributed by atoms with E-state index in [0.29, 0.717) is 11.5 Å². The van der Waals surface area contributed by atoms with Crippen molar-refractivity contribution in [1.82, 2.24) is 25.1 Å². The Labute approximate surface area is 152 Å². The van der Waals surface area contributed by atoms with Crippen LogP contribution in [0.3, 0.4) is 0 Å². The zero-order valence-electron chi connectivity index (χ0n) is 15.2. The Bertz CT molecular complexity index is 940. The predicted molar refractivity (Wildman–Crippen MR) is 100 cm³/mol. The fourth-order valence-electron chi connectivity index (χ4n) is 3.58. The molecule has 134 valence electrons. The number of likely N-dealkylation sites (tertiary alicyclic amines) is 1. The molecule has 1 aliphatic heterocycles. The van der Waals surface area contributed by atoms with Crippen molar-refractivity contribution in [3.8, 4) is 0 Å². The second-order valence-corrected chi connectivity index (χ2v) is 6.89. The van der Waals surface area contributed by atoms with E-state index in [4.69, 9.17) is 0 Å². The maximum atomic E-state index is 13.1. The first-order valence-corrected chi connectivity index (χ1v) is 9.22. The van der Waals surface area contributed by atoms with Crippen LogP contribution in [0.15, 0.2) is 30.3 Å². The number of nitrogens with zero attached hydrogens (tertiary/aromatic N) is 4. The van der Waals surface area contributed by atoms with Crippen LogP contribution in [0.2, 0.25) is 0 Å². The molecule has 4 rings (SSSR count). The minimum Gasteiger partial charge on any atom is -0.339 e. The van der Waals surface area contributed by atoms with Crippen molar-refractivity contribution in [2.75, 3.05) is 13.1 Å². The number of nitrogens with one attached hydrogen (secondary N) is 1. The van der Waals surface area contributed by atoms with E-state index in [1.807, 2.05) is 42.2 Å². The van der Waals surface area contributed by atoms with Crippen molar-refractivity contribution < 1.29 is 4.79 Å². The molecule has 1 amide bonds. The molecule has 6 nitrogen and oxygen atoms in total. The van der Waals surface area contributed by atoms with E-state index in [2.05, 4.69) is 27.1 Å². The van der Waals surface area contributed by atoms with Gasteiger partial charge in [-0.25, -0.2) is 4.98 Å². The van der Waals surface area contributed by atoms with Crippen LogP contribution in [0.4, 0.5) is 0 Å². The molecule has 0 spiro atoms. The van der Waals surface area contributed by atoms with Gasteiger partial charge in [-0.1, -0.05) is 25.1 Å². The number of benzene rings is 1. The fourth-order valence-corrected chi connectivity index (χ4v) is 3.58. The molecule has 1 aliphatic rings. The summed E-state index contributed by atoms with van der Waals surface area (Å²) in [4.78, 5) is 24.1. The lowest BCUT2D eigenvalue weighted by molar-refractivity contribution is 0.0713. The third-order valence-corrected chi connectivity index (χ3v) is 5.12. The van der Waals surface area contributed by atoms with E-state index in [9.17, 15) is 4.79 Å². The Kier molecular flexibility index (Phi) is 4.41. The molecular weight excluding hydrogens is 326 g/mol. The van der Waals surface area contributed by atoms with Gasteiger partial charge in [0.1, 0.15) is 5.82 Å². The summed E-state index contributed by atoms with van der Waals surface area (Å²) in [7, 11) is 0. The Morgan fingerprint density at radius 3 is 2.73 bits per heavy atom. The number of fused-ring (bicyclic) bond motifs is 1. The topological polar surface area (TPSA) is 74.8 Å². The average Bonchev–Trinajstić information content (AvgIpc) is 3.16. The summed E-state index contributed by atoms with van der Waals surface area (Å²) in [5, 5.41) is 8.33. The molecule has 0 bridgehead atoms. The number of aryl methyl sites for hydroxylation is 2. The van der Waals surface area contributed by atoms with E-state index in [1.54, 1.807) is 0 Å². The maximum Gasteiger partial charge on any atom is 0.256 e. The summed E-state index contributed by atoms with van der Waals surface area (Å²) >= 11 is 0. The molecular formula is C20H23N5O. The average molecular weight is 349 g/mol. The molecule has 1 saturated heterocycles. The lowest BCUT2D eigenvalue weighted by Crippen LogP contribution is -2.38. The highest BCUT2D eigenvalue weighted by Crippen LogP contribution is 2.27. The highest BCUT2D eigenvalue weighted by Gasteiger charge is 2.27. The summed E-state index contributed by atoms with van der Waals surface area (Å²) in [6.45, 7) is 5.46. The predicted octanol–water partition coefficient (Wildman–Crippen LogP) is 3.24. The standard InChI is InChI=1S/C20H23N5O/c1-3-17-22-19(24-23-17)15-9-11-25(12-10-15)20(26)16-6-4-5-14-8-7-13(2)21-18(14)16/h4-8,15H,3,9-12H2,1-2H3,(H,22,23,24). The number of pyridine rings is 1. The molecule has 26 heavy (non-hydrogen) atoms. The fraction of sp³-hybridized carbons (Fsp3) is 0.400. The van der Waals surface area contributed by atoms with Crippen molar-refractivity contribution in [2.45, 2.75) is 39.0 Å². The van der Waals surface area contributed by atoms with Gasteiger partial charge in [0.25, 0.3) is 5.91 Å². The second kappa shape index (κ2) is 6.86. The van der Waals surface area contributed by atoms with Crippen LogP contribution in [0.25, 0.3) is 10.9 Å². The molecule has 2 aromatic heterocycles. The molecule has 6 heteroatoms. The molecule has 1 aromatic carbocycles. The van der Waals surface area contributed by atoms with Gasteiger partial charge in [0.05, 0.1) is 11.1 Å². The third kappa shape index (κ3) is 3.07. The number of amides is 1. The molecule has 1 fully saturated rings. The van der Waals surface area contributed by atoms with Gasteiger partial charge in [0, 0.05) is 36.5 Å². The quantitative estimate of drug-likeness (QED) is 0.788. The number of carbonyl (C=O) groups is 1. The highest BCUT2D eigenvalue weighted by atomic mass is 16.2. The summed E-state index contributed by atoms with van der Waals surface area (Å²) in [6.07, 6.45) is 2.64. The SMILES string of the molecule is CCc1nc(C2CCN(C(=O)c3cccc4ccc(C)nc34)CC2)n[nH]1. The molecule has 0 radical (unpaired) electrons. The number of hydrogen-bond acceptors (Lipinski definition) is 4. The lowest BCUT2D eigenvalue weighted by atomic mass is 9.95. The van der Waals surface area contributed by atoms with Crippen LogP contribution < -0.4 is 0 Å². The van der Waals surface area contributed by atoms with E-state index in [1.165, 1.54) is 0 Å². The Balaban J connectivity index is 1.51. The molecule has 3 aromatic rings. The molecule has 1 N–H and O–H groups in total. The number of para-hydroxylation sites is 1. The lowest BCUT2D eigenvalue weighted by Gasteiger charge is -2.31. The molecule has 0 atom stereocenters. The van der Waals surface area contributed by atoms with Gasteiger partial charge in [0.2, 0.25) is 0 Å². The first-order chi connectivity index (χ1) is 12.7. The molecule has 0 saturated carbocycles. The number of aromatic amines is 1. The Morgan fingerprint density at radius 2 is 2.00 bits per heavy atom. The van der Waals surface area contributed by atoms with Crippen LogP contribution in [-0.2, 0) is 6.42 Å². The smallest absolute Gasteiger partial charge is 0.256 e. The van der Waals surface area contributed by atoms with Gasteiger partial charge in [0.15, 0.2) is 5.82 Å². The van der Waals surface area contributed by atoms with Crippen LogP contribution >= 0.6 is 0 Å². The molecule has 0 aliphatic carbocycles. The number of carbonyl (C=O) groups excluding carboxylic acids is 1. The Morgan fingerprint density at radius 1 is 1.19 bits per heavy atom. The van der Waals surface area contributed by atoms with Crippen LogP contribution in [0.5, 0.6) is 0 Å². The van der Waals surface area contributed by atoms with Crippen molar-refractivity contribution >= 4 is 16.8 Å². The number of hydrogen-bond donors (Lipinski definition) is 1. The van der Waals surface area contributed by atoms with Gasteiger partial charge in [-0.3, -0.25) is 14.9 Å². The minimum absolute atomic E-state index is 0.0661. The third-order valence-electron chi connectivity index (χ3n) is 5.12. The minimum atomic E-state index is 0.0661. The maximum absolute atomic E-state index is 13.1. The van der Waals surface area contributed by atoms with E-state index in [0.717, 1.165) is 60.6 Å². The summed E-state index contributed by atoms with van der Waals surface area (Å²) in [5.41, 5.74) is 2.41. The molecule has 0 unspecified atom stereocenters. The van der Waals surface area contributed by atoms with Gasteiger partial charge >= 0.3 is 0 Å². The first-order valence-electron chi connectivity index (χ1n) is 9.22. The van der Waals surface area contributed by atoms with Crippen molar-refractivity contribution in [1.29, 1.82) is 0 Å². The van der Waals surface area contributed by atoms with Crippen molar-refractivity contribution in [2.24, 2.45) is 0 Å². The number of aromatic nitrogens is 4. The summed E-state index contributed by atoms with van der Waals surface area (Å²) < 4.78 is 0. The summed E-state index contributed by atoms with van der Waals surface area (Å²) in [5.74, 6) is 2.20. The summed E-state index contributed by atoms with van der Waals surface area (Å²) in [6, 6.07) is 9.81. The first kappa shape index (κ1) is 16.7. The monoisotopic (exact) mass is 349 g/mol.